The molecule has 1 nitrogen and oxygen atoms in total. The van der Waals surface area contributed by atoms with Crippen LogP contribution < -0.4 is 5.32 Å². The molecule has 0 aliphatic heterocycles. The van der Waals surface area contributed by atoms with Gasteiger partial charge in [-0.2, -0.15) is 0 Å². The van der Waals surface area contributed by atoms with Gasteiger partial charge in [-0.15, -0.1) is 0 Å². The smallest absolute Gasteiger partial charge is 0.0370 e. The van der Waals surface area contributed by atoms with Crippen LogP contribution >= 0.6 is 0 Å². The van der Waals surface area contributed by atoms with Crippen molar-refractivity contribution >= 4 is 5.69 Å². The van der Waals surface area contributed by atoms with E-state index >= 15 is 0 Å². The number of hydrogen-bond donors (Lipinski definition) is 1. The minimum Gasteiger partial charge on any atom is -0.388 e. The van der Waals surface area contributed by atoms with Gasteiger partial charge in [0.25, 0.3) is 0 Å². The molecule has 0 aliphatic rings. The Balaban J connectivity index is 2.65. The Kier molecular flexibility index (Phi) is 3.42. The molecule has 18 heavy (non-hydrogen) atoms. The molecular formula is C17H21N. The van der Waals surface area contributed by atoms with Gasteiger partial charge in [-0.1, -0.05) is 24.3 Å². The van der Waals surface area contributed by atoms with Crippen LogP contribution in [0.1, 0.15) is 22.3 Å². The zero-order valence-electron chi connectivity index (χ0n) is 11.9. The zero-order valence-corrected chi connectivity index (χ0v) is 11.9. The maximum absolute atomic E-state index is 3.24. The van der Waals surface area contributed by atoms with Crippen molar-refractivity contribution in [3.05, 3.63) is 52.6 Å². The highest BCUT2D eigenvalue weighted by Crippen LogP contribution is 2.32. The quantitative estimate of drug-likeness (QED) is 0.805. The summed E-state index contributed by atoms with van der Waals surface area (Å²) in [6, 6.07) is 10.9. The minimum atomic E-state index is 1.21. The van der Waals surface area contributed by atoms with Crippen LogP contribution in [-0.2, 0) is 0 Å². The lowest BCUT2D eigenvalue weighted by Gasteiger charge is -2.16. The molecule has 0 saturated carbocycles. The topological polar surface area (TPSA) is 12.0 Å². The van der Waals surface area contributed by atoms with Gasteiger partial charge < -0.3 is 5.32 Å². The van der Waals surface area contributed by atoms with Gasteiger partial charge in [0.15, 0.2) is 0 Å². The highest BCUT2D eigenvalue weighted by Gasteiger charge is 2.09. The van der Waals surface area contributed by atoms with Crippen molar-refractivity contribution in [3.63, 3.8) is 0 Å². The van der Waals surface area contributed by atoms with E-state index in [0.717, 1.165) is 0 Å². The Labute approximate surface area is 110 Å². The van der Waals surface area contributed by atoms with Crippen LogP contribution in [0.5, 0.6) is 0 Å². The molecule has 1 N–H and O–H groups in total. The Bertz CT molecular complexity index is 582. The molecule has 0 saturated heterocycles. The maximum Gasteiger partial charge on any atom is 0.0370 e. The molecule has 0 unspecified atom stereocenters. The zero-order chi connectivity index (χ0) is 13.3. The first-order valence-electron chi connectivity index (χ1n) is 6.40. The van der Waals surface area contributed by atoms with E-state index in [1.165, 1.54) is 39.1 Å². The third kappa shape index (κ3) is 2.01. The Morgan fingerprint density at radius 1 is 0.722 bits per heavy atom. The van der Waals surface area contributed by atoms with Crippen LogP contribution in [0.15, 0.2) is 30.3 Å². The molecule has 94 valence electrons. The van der Waals surface area contributed by atoms with Gasteiger partial charge in [0.1, 0.15) is 0 Å². The van der Waals surface area contributed by atoms with Gasteiger partial charge in [-0.3, -0.25) is 0 Å². The molecule has 0 atom stereocenters. The van der Waals surface area contributed by atoms with E-state index in [9.17, 15) is 0 Å². The highest BCUT2D eigenvalue weighted by atomic mass is 14.8. The van der Waals surface area contributed by atoms with Crippen molar-refractivity contribution in [3.8, 4) is 11.1 Å². The first-order valence-corrected chi connectivity index (χ1v) is 6.40. The highest BCUT2D eigenvalue weighted by molar-refractivity contribution is 5.75. The van der Waals surface area contributed by atoms with Crippen LogP contribution in [0.2, 0.25) is 0 Å². The van der Waals surface area contributed by atoms with E-state index < -0.39 is 0 Å². The number of benzene rings is 2. The summed E-state index contributed by atoms with van der Waals surface area (Å²) in [5.74, 6) is 0. The summed E-state index contributed by atoms with van der Waals surface area (Å²) < 4.78 is 0. The van der Waals surface area contributed by atoms with Crippen molar-refractivity contribution in [1.82, 2.24) is 0 Å². The van der Waals surface area contributed by atoms with Gasteiger partial charge in [0.2, 0.25) is 0 Å². The van der Waals surface area contributed by atoms with Crippen LogP contribution in [0.4, 0.5) is 5.69 Å². The van der Waals surface area contributed by atoms with Gasteiger partial charge in [-0.25, -0.2) is 0 Å². The molecule has 2 aromatic carbocycles. The minimum absolute atomic E-state index is 1.21. The summed E-state index contributed by atoms with van der Waals surface area (Å²) in [7, 11) is 1.97. The second kappa shape index (κ2) is 4.85. The van der Waals surface area contributed by atoms with E-state index in [0.29, 0.717) is 0 Å². The fourth-order valence-electron chi connectivity index (χ4n) is 2.43. The number of rotatable bonds is 2. The lowest BCUT2D eigenvalue weighted by Crippen LogP contribution is -1.97. The second-order valence-corrected chi connectivity index (χ2v) is 4.91. The van der Waals surface area contributed by atoms with E-state index in [-0.39, 0.29) is 0 Å². The average Bonchev–Trinajstić information content (AvgIpc) is 2.37. The third-order valence-electron chi connectivity index (χ3n) is 3.95. The predicted molar refractivity (Wildman–Crippen MR) is 80.4 cm³/mol. The average molecular weight is 239 g/mol. The maximum atomic E-state index is 3.24. The Hall–Kier alpha value is -1.76. The van der Waals surface area contributed by atoms with Gasteiger partial charge in [0, 0.05) is 12.7 Å². The van der Waals surface area contributed by atoms with Gasteiger partial charge >= 0.3 is 0 Å². The number of anilines is 1. The summed E-state index contributed by atoms with van der Waals surface area (Å²) in [6.07, 6.45) is 0. The molecule has 2 aromatic rings. The van der Waals surface area contributed by atoms with Crippen molar-refractivity contribution < 1.29 is 0 Å². The van der Waals surface area contributed by atoms with Crippen LogP contribution in [-0.4, -0.2) is 7.05 Å². The Morgan fingerprint density at radius 3 is 2.06 bits per heavy atom. The van der Waals surface area contributed by atoms with E-state index in [1.54, 1.807) is 0 Å². The molecule has 0 spiro atoms. The van der Waals surface area contributed by atoms with Gasteiger partial charge in [-0.05, 0) is 67.1 Å². The summed E-state index contributed by atoms with van der Waals surface area (Å²) in [6.45, 7) is 8.75. The van der Waals surface area contributed by atoms with Crippen molar-refractivity contribution in [2.75, 3.05) is 12.4 Å². The molecule has 0 aromatic heterocycles. The Morgan fingerprint density at radius 2 is 1.39 bits per heavy atom. The normalized spacial score (nSPS) is 10.5. The number of nitrogens with one attached hydrogen (secondary N) is 1. The molecule has 0 bridgehead atoms. The molecule has 0 heterocycles. The summed E-state index contributed by atoms with van der Waals surface area (Å²) in [5, 5.41) is 3.24. The molecule has 1 heteroatoms. The van der Waals surface area contributed by atoms with Crippen molar-refractivity contribution in [2.45, 2.75) is 27.7 Å². The lowest BCUT2D eigenvalue weighted by molar-refractivity contribution is 1.29. The molecule has 0 amide bonds. The molecule has 0 radical (unpaired) electrons. The standard InChI is InChI=1S/C17H21N/c1-11-7-6-8-15(12(11)2)16-9-10-17(18-5)14(4)13(16)3/h6-10,18H,1-5H3. The van der Waals surface area contributed by atoms with Crippen LogP contribution in [0.25, 0.3) is 11.1 Å². The molecular weight excluding hydrogens is 218 g/mol. The second-order valence-electron chi connectivity index (χ2n) is 4.91. The predicted octanol–water partition coefficient (Wildman–Crippen LogP) is 4.63. The molecule has 0 fully saturated rings. The largest absolute Gasteiger partial charge is 0.388 e. The third-order valence-corrected chi connectivity index (χ3v) is 3.95. The van der Waals surface area contributed by atoms with Crippen LogP contribution in [0, 0.1) is 27.7 Å². The summed E-state index contributed by atoms with van der Waals surface area (Å²) in [5.41, 5.74) is 9.30. The SMILES string of the molecule is CNc1ccc(-c2cccc(C)c2C)c(C)c1C. The summed E-state index contributed by atoms with van der Waals surface area (Å²) >= 11 is 0. The lowest BCUT2D eigenvalue weighted by atomic mass is 9.91. The fraction of sp³-hybridized carbons (Fsp3) is 0.294. The summed E-state index contributed by atoms with van der Waals surface area (Å²) in [4.78, 5) is 0. The van der Waals surface area contributed by atoms with Crippen molar-refractivity contribution in [1.29, 1.82) is 0 Å². The van der Waals surface area contributed by atoms with Crippen LogP contribution in [0.3, 0.4) is 0 Å². The van der Waals surface area contributed by atoms with Gasteiger partial charge in [0.05, 0.1) is 0 Å². The first kappa shape index (κ1) is 12.7. The monoisotopic (exact) mass is 239 g/mol. The molecule has 2 rings (SSSR count). The number of hydrogen-bond acceptors (Lipinski definition) is 1. The molecule has 0 aliphatic carbocycles. The van der Waals surface area contributed by atoms with E-state index in [1.807, 2.05) is 7.05 Å². The van der Waals surface area contributed by atoms with E-state index in [2.05, 4.69) is 63.3 Å². The first-order chi connectivity index (χ1) is 8.56. The van der Waals surface area contributed by atoms with Crippen molar-refractivity contribution in [2.24, 2.45) is 0 Å². The van der Waals surface area contributed by atoms with E-state index in [4.69, 9.17) is 0 Å². The fourth-order valence-corrected chi connectivity index (χ4v) is 2.43. The number of aryl methyl sites for hydroxylation is 1.